The predicted molar refractivity (Wildman–Crippen MR) is 59.1 cm³/mol. The Kier molecular flexibility index (Phi) is 3.00. The van der Waals surface area contributed by atoms with Gasteiger partial charge in [-0.2, -0.15) is 0 Å². The second kappa shape index (κ2) is 4.61. The first-order valence-electron chi connectivity index (χ1n) is 5.06. The molecule has 0 aromatic carbocycles. The smallest absolute Gasteiger partial charge is 0.213 e. The van der Waals surface area contributed by atoms with Gasteiger partial charge in [-0.25, -0.2) is 4.98 Å². The van der Waals surface area contributed by atoms with Gasteiger partial charge in [0.1, 0.15) is 5.69 Å². The third-order valence-electron chi connectivity index (χ3n) is 2.32. The Morgan fingerprint density at radius 3 is 2.69 bits per heavy atom. The van der Waals surface area contributed by atoms with Crippen LogP contribution in [0.3, 0.4) is 0 Å². The van der Waals surface area contributed by atoms with Crippen molar-refractivity contribution in [1.82, 2.24) is 15.0 Å². The van der Waals surface area contributed by atoms with Crippen molar-refractivity contribution in [3.8, 4) is 0 Å². The largest absolute Gasteiger partial charge is 0.287 e. The van der Waals surface area contributed by atoms with Crippen molar-refractivity contribution >= 4 is 5.78 Å². The van der Waals surface area contributed by atoms with E-state index in [1.807, 2.05) is 6.92 Å². The number of pyridine rings is 1. The van der Waals surface area contributed by atoms with Crippen LogP contribution in [0.2, 0.25) is 0 Å². The molecule has 4 nitrogen and oxygen atoms in total. The Morgan fingerprint density at radius 2 is 2.00 bits per heavy atom. The second-order valence-electron chi connectivity index (χ2n) is 3.31. The summed E-state index contributed by atoms with van der Waals surface area (Å²) in [5.74, 6) is -0.104. The highest BCUT2D eigenvalue weighted by molar-refractivity contribution is 6.08. The van der Waals surface area contributed by atoms with E-state index >= 15 is 0 Å². The summed E-state index contributed by atoms with van der Waals surface area (Å²) in [7, 11) is 0. The maximum atomic E-state index is 12.1. The fraction of sp³-hybridized carbons (Fsp3) is 0.167. The van der Waals surface area contributed by atoms with Crippen LogP contribution in [0.15, 0.2) is 37.1 Å². The molecule has 0 fully saturated rings. The summed E-state index contributed by atoms with van der Waals surface area (Å²) < 4.78 is 0. The van der Waals surface area contributed by atoms with E-state index in [2.05, 4.69) is 15.0 Å². The maximum absolute atomic E-state index is 12.1. The lowest BCUT2D eigenvalue weighted by Crippen LogP contribution is -2.07. The average molecular weight is 213 g/mol. The fourth-order valence-electron chi connectivity index (χ4n) is 1.48. The SMILES string of the molecule is CCc1cnccc1C(=O)c1cnccn1. The van der Waals surface area contributed by atoms with E-state index in [1.54, 1.807) is 24.7 Å². The Hall–Kier alpha value is -2.10. The number of ketones is 1. The minimum absolute atomic E-state index is 0.104. The third kappa shape index (κ3) is 1.95. The van der Waals surface area contributed by atoms with Crippen LogP contribution in [-0.4, -0.2) is 20.7 Å². The molecule has 2 heterocycles. The normalized spacial score (nSPS) is 10.1. The minimum Gasteiger partial charge on any atom is -0.287 e. The molecule has 80 valence electrons. The van der Waals surface area contributed by atoms with Crippen LogP contribution in [-0.2, 0) is 6.42 Å². The zero-order chi connectivity index (χ0) is 11.4. The lowest BCUT2D eigenvalue weighted by atomic mass is 10.0. The molecule has 0 saturated carbocycles. The number of hydrogen-bond donors (Lipinski definition) is 0. The zero-order valence-corrected chi connectivity index (χ0v) is 8.92. The van der Waals surface area contributed by atoms with Crippen LogP contribution in [0.25, 0.3) is 0 Å². The topological polar surface area (TPSA) is 55.7 Å². The van der Waals surface area contributed by atoms with Crippen LogP contribution in [0, 0.1) is 0 Å². The first kappa shape index (κ1) is 10.4. The van der Waals surface area contributed by atoms with Crippen LogP contribution in [0.1, 0.15) is 28.5 Å². The molecule has 0 spiro atoms. The van der Waals surface area contributed by atoms with Crippen molar-refractivity contribution in [3.05, 3.63) is 53.9 Å². The molecule has 16 heavy (non-hydrogen) atoms. The van der Waals surface area contributed by atoms with Gasteiger partial charge in [0.2, 0.25) is 5.78 Å². The Bertz CT molecular complexity index is 497. The number of aromatic nitrogens is 3. The molecule has 0 amide bonds. The monoisotopic (exact) mass is 213 g/mol. The summed E-state index contributed by atoms with van der Waals surface area (Å²) in [5.41, 5.74) is 1.94. The van der Waals surface area contributed by atoms with Gasteiger partial charge < -0.3 is 0 Å². The van der Waals surface area contributed by atoms with Crippen molar-refractivity contribution in [3.63, 3.8) is 0 Å². The number of hydrogen-bond acceptors (Lipinski definition) is 4. The first-order chi connectivity index (χ1) is 7.83. The summed E-state index contributed by atoms with van der Waals surface area (Å²) in [6, 6.07) is 1.72. The Morgan fingerprint density at radius 1 is 1.19 bits per heavy atom. The first-order valence-corrected chi connectivity index (χ1v) is 5.06. The van der Waals surface area contributed by atoms with E-state index in [1.165, 1.54) is 12.4 Å². The number of nitrogens with zero attached hydrogens (tertiary/aromatic N) is 3. The molecule has 0 atom stereocenters. The lowest BCUT2D eigenvalue weighted by molar-refractivity contribution is 0.103. The van der Waals surface area contributed by atoms with Crippen LogP contribution in [0.5, 0.6) is 0 Å². The fourth-order valence-corrected chi connectivity index (χ4v) is 1.48. The quantitative estimate of drug-likeness (QED) is 0.728. The van der Waals surface area contributed by atoms with E-state index in [-0.39, 0.29) is 5.78 Å². The van der Waals surface area contributed by atoms with E-state index in [0.29, 0.717) is 11.3 Å². The molecule has 0 aliphatic rings. The lowest BCUT2D eigenvalue weighted by Gasteiger charge is -2.04. The highest BCUT2D eigenvalue weighted by Gasteiger charge is 2.13. The summed E-state index contributed by atoms with van der Waals surface area (Å²) in [5, 5.41) is 0. The van der Waals surface area contributed by atoms with Gasteiger partial charge >= 0.3 is 0 Å². The highest BCUT2D eigenvalue weighted by atomic mass is 16.1. The molecule has 0 unspecified atom stereocenters. The molecule has 2 aromatic rings. The van der Waals surface area contributed by atoms with E-state index in [9.17, 15) is 4.79 Å². The summed E-state index contributed by atoms with van der Waals surface area (Å²) >= 11 is 0. The van der Waals surface area contributed by atoms with E-state index in [4.69, 9.17) is 0 Å². The molecule has 0 saturated heterocycles. The number of rotatable bonds is 3. The van der Waals surface area contributed by atoms with Gasteiger partial charge in [0.05, 0.1) is 6.20 Å². The van der Waals surface area contributed by atoms with Gasteiger partial charge in [-0.1, -0.05) is 6.92 Å². The van der Waals surface area contributed by atoms with Crippen molar-refractivity contribution in [2.45, 2.75) is 13.3 Å². The predicted octanol–water partition coefficient (Wildman–Crippen LogP) is 1.66. The van der Waals surface area contributed by atoms with Gasteiger partial charge in [0.25, 0.3) is 0 Å². The second-order valence-corrected chi connectivity index (χ2v) is 3.31. The van der Waals surface area contributed by atoms with Gasteiger partial charge in [0, 0.05) is 30.4 Å². The number of aryl methyl sites for hydroxylation is 1. The summed E-state index contributed by atoms with van der Waals surface area (Å²) in [6.07, 6.45) is 8.63. The van der Waals surface area contributed by atoms with Crippen molar-refractivity contribution in [2.24, 2.45) is 0 Å². The molecule has 4 heteroatoms. The molecule has 2 aromatic heterocycles. The van der Waals surface area contributed by atoms with E-state index < -0.39 is 0 Å². The van der Waals surface area contributed by atoms with Crippen molar-refractivity contribution < 1.29 is 4.79 Å². The Balaban J connectivity index is 2.42. The van der Waals surface area contributed by atoms with Gasteiger partial charge in [-0.15, -0.1) is 0 Å². The molecule has 2 rings (SSSR count). The standard InChI is InChI=1S/C12H11N3O/c1-2-9-7-13-4-3-10(9)12(16)11-8-14-5-6-15-11/h3-8H,2H2,1H3. The maximum Gasteiger partial charge on any atom is 0.213 e. The van der Waals surface area contributed by atoms with Crippen LogP contribution < -0.4 is 0 Å². The van der Waals surface area contributed by atoms with Crippen LogP contribution in [0.4, 0.5) is 0 Å². The van der Waals surface area contributed by atoms with Crippen LogP contribution >= 0.6 is 0 Å². The zero-order valence-electron chi connectivity index (χ0n) is 8.92. The highest BCUT2D eigenvalue weighted by Crippen LogP contribution is 2.11. The van der Waals surface area contributed by atoms with E-state index in [0.717, 1.165) is 12.0 Å². The van der Waals surface area contributed by atoms with Gasteiger partial charge in [0.15, 0.2) is 0 Å². The molecular weight excluding hydrogens is 202 g/mol. The molecule has 0 bridgehead atoms. The van der Waals surface area contributed by atoms with Gasteiger partial charge in [-0.05, 0) is 18.1 Å². The minimum atomic E-state index is -0.104. The third-order valence-corrected chi connectivity index (χ3v) is 2.32. The summed E-state index contributed by atoms with van der Waals surface area (Å²) in [6.45, 7) is 1.99. The molecule has 0 aliphatic carbocycles. The van der Waals surface area contributed by atoms with Gasteiger partial charge in [-0.3, -0.25) is 14.8 Å². The number of carbonyl (C=O) groups excluding carboxylic acids is 1. The summed E-state index contributed by atoms with van der Waals surface area (Å²) in [4.78, 5) is 24.0. The molecular formula is C12H11N3O. The average Bonchev–Trinajstić information content (AvgIpc) is 2.39. The molecule has 0 radical (unpaired) electrons. The number of carbonyl (C=O) groups is 1. The Labute approximate surface area is 93.4 Å². The van der Waals surface area contributed by atoms with Crippen molar-refractivity contribution in [2.75, 3.05) is 0 Å². The van der Waals surface area contributed by atoms with Crippen molar-refractivity contribution in [1.29, 1.82) is 0 Å². The molecule has 0 aliphatic heterocycles. The molecule has 0 N–H and O–H groups in total.